The number of fused-ring (bicyclic) bond motifs is 1. The molecule has 0 aliphatic carbocycles. The minimum absolute atomic E-state index is 0.181. The van der Waals surface area contributed by atoms with Gasteiger partial charge in [0.1, 0.15) is 18.2 Å². The summed E-state index contributed by atoms with van der Waals surface area (Å²) >= 11 is 0. The monoisotopic (exact) mass is 453 g/mol. The second-order valence-electron chi connectivity index (χ2n) is 7.77. The largest absolute Gasteiger partial charge is 0.482 e. The number of halogens is 1. The molecule has 9 heteroatoms. The van der Waals surface area contributed by atoms with Gasteiger partial charge in [-0.1, -0.05) is 24.3 Å². The summed E-state index contributed by atoms with van der Waals surface area (Å²) in [4.78, 5) is 26.0. The highest BCUT2D eigenvalue weighted by Crippen LogP contribution is 2.39. The number of aliphatic carboxylic acids is 1. The van der Waals surface area contributed by atoms with Gasteiger partial charge in [-0.25, -0.2) is 9.18 Å². The van der Waals surface area contributed by atoms with Gasteiger partial charge >= 0.3 is 5.97 Å². The van der Waals surface area contributed by atoms with Gasteiger partial charge in [0.15, 0.2) is 6.61 Å². The first-order chi connectivity index (χ1) is 15.9. The molecule has 0 saturated heterocycles. The number of carbonyl (C=O) groups excluding carboxylic acids is 1. The number of amides is 1. The van der Waals surface area contributed by atoms with Crippen molar-refractivity contribution in [3.63, 3.8) is 0 Å². The minimum atomic E-state index is -1.15. The molecule has 1 amide bonds. The van der Waals surface area contributed by atoms with Gasteiger partial charge < -0.3 is 19.5 Å². The number of aromatic amines is 1. The van der Waals surface area contributed by atoms with Gasteiger partial charge in [0.2, 0.25) is 5.91 Å². The van der Waals surface area contributed by atoms with Gasteiger partial charge in [0.05, 0.1) is 17.8 Å². The SMILES string of the molecule is CC(OCC(=O)N1CCc2ccccc2C1c1cc(F)ccc1OCC(=O)O)c1ccn[nH]1. The first kappa shape index (κ1) is 22.5. The molecular weight excluding hydrogens is 429 g/mol. The molecule has 2 heterocycles. The van der Waals surface area contributed by atoms with Crippen LogP contribution in [0.15, 0.2) is 54.7 Å². The van der Waals surface area contributed by atoms with Crippen molar-refractivity contribution < 1.29 is 28.6 Å². The van der Waals surface area contributed by atoms with E-state index in [2.05, 4.69) is 10.2 Å². The third-order valence-corrected chi connectivity index (χ3v) is 5.64. The summed E-state index contributed by atoms with van der Waals surface area (Å²) in [5.41, 5.74) is 3.01. The van der Waals surface area contributed by atoms with Gasteiger partial charge in [0.25, 0.3) is 0 Å². The number of nitrogens with zero attached hydrogens (tertiary/aromatic N) is 2. The quantitative estimate of drug-likeness (QED) is 0.543. The number of ether oxygens (including phenoxy) is 2. The Morgan fingerprint density at radius 2 is 2.03 bits per heavy atom. The summed E-state index contributed by atoms with van der Waals surface area (Å²) in [7, 11) is 0. The van der Waals surface area contributed by atoms with Gasteiger partial charge in [-0.15, -0.1) is 0 Å². The van der Waals surface area contributed by atoms with Crippen molar-refractivity contribution in [3.05, 3.63) is 82.9 Å². The average molecular weight is 453 g/mol. The molecule has 0 saturated carbocycles. The molecule has 8 nitrogen and oxygen atoms in total. The highest BCUT2D eigenvalue weighted by atomic mass is 19.1. The molecule has 0 radical (unpaired) electrons. The average Bonchev–Trinajstić information content (AvgIpc) is 3.36. The topological polar surface area (TPSA) is 105 Å². The van der Waals surface area contributed by atoms with Crippen molar-refractivity contribution in [1.82, 2.24) is 15.1 Å². The number of hydrogen-bond donors (Lipinski definition) is 2. The van der Waals surface area contributed by atoms with E-state index < -0.39 is 24.4 Å². The number of rotatable bonds is 8. The Bertz CT molecular complexity index is 1130. The molecule has 3 aromatic rings. The summed E-state index contributed by atoms with van der Waals surface area (Å²) in [6, 6.07) is 12.6. The van der Waals surface area contributed by atoms with Crippen LogP contribution < -0.4 is 4.74 Å². The van der Waals surface area contributed by atoms with E-state index in [1.807, 2.05) is 31.2 Å². The predicted molar refractivity (Wildman–Crippen MR) is 116 cm³/mol. The van der Waals surface area contributed by atoms with Gasteiger partial charge in [0, 0.05) is 18.3 Å². The van der Waals surface area contributed by atoms with E-state index in [9.17, 15) is 14.0 Å². The number of nitrogens with one attached hydrogen (secondary N) is 1. The lowest BCUT2D eigenvalue weighted by Gasteiger charge is -2.38. The number of carbonyl (C=O) groups is 2. The number of hydrogen-bond acceptors (Lipinski definition) is 5. The Hall–Kier alpha value is -3.72. The van der Waals surface area contributed by atoms with Crippen molar-refractivity contribution in [2.45, 2.75) is 25.5 Å². The molecule has 1 aliphatic heterocycles. The molecule has 0 bridgehead atoms. The zero-order chi connectivity index (χ0) is 23.4. The molecule has 1 aromatic heterocycles. The highest BCUT2D eigenvalue weighted by molar-refractivity contribution is 5.79. The molecule has 0 spiro atoms. The Balaban J connectivity index is 1.66. The lowest BCUT2D eigenvalue weighted by Crippen LogP contribution is -2.42. The molecule has 33 heavy (non-hydrogen) atoms. The summed E-state index contributed by atoms with van der Waals surface area (Å²) in [5, 5.41) is 15.8. The smallest absolute Gasteiger partial charge is 0.341 e. The van der Waals surface area contributed by atoms with Crippen LogP contribution in [0, 0.1) is 5.82 Å². The number of H-pyrrole nitrogens is 1. The van der Waals surface area contributed by atoms with E-state index in [-0.39, 0.29) is 24.4 Å². The van der Waals surface area contributed by atoms with E-state index in [1.165, 1.54) is 18.2 Å². The summed E-state index contributed by atoms with van der Waals surface area (Å²) in [5.74, 6) is -1.71. The number of aromatic nitrogens is 2. The van der Waals surface area contributed by atoms with Crippen LogP contribution in [-0.4, -0.2) is 51.8 Å². The fourth-order valence-corrected chi connectivity index (χ4v) is 4.04. The van der Waals surface area contributed by atoms with Crippen LogP contribution >= 0.6 is 0 Å². The predicted octanol–water partition coefficient (Wildman–Crippen LogP) is 3.26. The van der Waals surface area contributed by atoms with E-state index in [0.717, 1.165) is 16.8 Å². The maximum atomic E-state index is 14.3. The second-order valence-corrected chi connectivity index (χ2v) is 7.77. The van der Waals surface area contributed by atoms with E-state index >= 15 is 0 Å². The van der Waals surface area contributed by atoms with Crippen LogP contribution in [0.4, 0.5) is 4.39 Å². The molecule has 2 aromatic carbocycles. The van der Waals surface area contributed by atoms with Gasteiger partial charge in [-0.3, -0.25) is 9.89 Å². The third-order valence-electron chi connectivity index (χ3n) is 5.64. The third kappa shape index (κ3) is 5.04. The molecule has 2 atom stereocenters. The molecule has 2 unspecified atom stereocenters. The maximum absolute atomic E-state index is 14.3. The lowest BCUT2D eigenvalue weighted by atomic mass is 9.87. The van der Waals surface area contributed by atoms with Crippen LogP contribution in [0.3, 0.4) is 0 Å². The van der Waals surface area contributed by atoms with Gasteiger partial charge in [-0.05, 0) is 48.7 Å². The molecule has 2 N–H and O–H groups in total. The fourth-order valence-electron chi connectivity index (χ4n) is 4.04. The number of carboxylic acids is 1. The highest BCUT2D eigenvalue weighted by Gasteiger charge is 2.34. The van der Waals surface area contributed by atoms with Crippen LogP contribution in [0.25, 0.3) is 0 Å². The number of benzene rings is 2. The van der Waals surface area contributed by atoms with Crippen molar-refractivity contribution in [2.75, 3.05) is 19.8 Å². The van der Waals surface area contributed by atoms with Crippen LogP contribution in [0.1, 0.15) is 41.5 Å². The number of carboxylic acid groups (broad SMARTS) is 1. The van der Waals surface area contributed by atoms with Crippen LogP contribution in [0.2, 0.25) is 0 Å². The summed E-state index contributed by atoms with van der Waals surface area (Å²) in [6.07, 6.45) is 1.88. The second kappa shape index (κ2) is 9.83. The normalized spacial score (nSPS) is 16.2. The van der Waals surface area contributed by atoms with Crippen molar-refractivity contribution in [3.8, 4) is 5.75 Å². The minimum Gasteiger partial charge on any atom is -0.482 e. The maximum Gasteiger partial charge on any atom is 0.341 e. The van der Waals surface area contributed by atoms with Crippen LogP contribution in [-0.2, 0) is 20.7 Å². The fraction of sp³-hybridized carbons (Fsp3) is 0.292. The van der Waals surface area contributed by atoms with Crippen LogP contribution in [0.5, 0.6) is 5.75 Å². The van der Waals surface area contributed by atoms with Crippen molar-refractivity contribution in [1.29, 1.82) is 0 Å². The molecule has 172 valence electrons. The van der Waals surface area contributed by atoms with Gasteiger partial charge in [-0.2, -0.15) is 5.10 Å². The molecular formula is C24H24FN3O5. The first-order valence-corrected chi connectivity index (χ1v) is 10.6. The Morgan fingerprint density at radius 3 is 2.79 bits per heavy atom. The molecule has 0 fully saturated rings. The Labute approximate surface area is 189 Å². The van der Waals surface area contributed by atoms with E-state index in [4.69, 9.17) is 14.6 Å². The molecule has 4 rings (SSSR count). The first-order valence-electron chi connectivity index (χ1n) is 10.6. The Kier molecular flexibility index (Phi) is 6.69. The standard InChI is InChI=1S/C24H24FN3O5/c1-15(20-8-10-26-27-20)32-13-22(29)28-11-9-16-4-2-3-5-18(16)24(28)19-12-17(25)6-7-21(19)33-14-23(30)31/h2-8,10,12,15,24H,9,11,13-14H2,1H3,(H,26,27)(H,30,31). The van der Waals surface area contributed by atoms with Crippen molar-refractivity contribution >= 4 is 11.9 Å². The molecule has 1 aliphatic rings. The zero-order valence-electron chi connectivity index (χ0n) is 18.0. The van der Waals surface area contributed by atoms with E-state index in [1.54, 1.807) is 17.2 Å². The van der Waals surface area contributed by atoms with E-state index in [0.29, 0.717) is 18.5 Å². The van der Waals surface area contributed by atoms with Crippen molar-refractivity contribution in [2.24, 2.45) is 0 Å². The zero-order valence-corrected chi connectivity index (χ0v) is 18.0. The summed E-state index contributed by atoms with van der Waals surface area (Å²) < 4.78 is 25.5. The summed E-state index contributed by atoms with van der Waals surface area (Å²) in [6.45, 7) is 1.45. The lowest BCUT2D eigenvalue weighted by molar-refractivity contribution is -0.141. The Morgan fingerprint density at radius 1 is 1.21 bits per heavy atom.